The largest absolute Gasteiger partial charge is 0.424 e. The maximum Gasteiger partial charge on any atom is 0.241 e. The van der Waals surface area contributed by atoms with Crippen LogP contribution >= 0.6 is 10.7 Å². The first-order chi connectivity index (χ1) is 4.97. The topological polar surface area (TPSA) is 73.1 Å². The Kier molecular flexibility index (Phi) is 2.15. The maximum absolute atomic E-state index is 10.4. The van der Waals surface area contributed by atoms with Gasteiger partial charge in [-0.3, -0.25) is 0 Å². The second-order valence-electron chi connectivity index (χ2n) is 1.90. The second-order valence-corrected chi connectivity index (χ2v) is 4.67. The highest BCUT2D eigenvalue weighted by atomic mass is 35.7. The number of hydrogen-bond acceptors (Lipinski definition) is 5. The van der Waals surface area contributed by atoms with Crippen molar-refractivity contribution in [1.82, 2.24) is 10.2 Å². The van der Waals surface area contributed by atoms with Gasteiger partial charge in [0.2, 0.25) is 20.8 Å². The molecule has 0 bridgehead atoms. The van der Waals surface area contributed by atoms with Crippen LogP contribution in [0.4, 0.5) is 0 Å². The van der Waals surface area contributed by atoms with Crippen molar-refractivity contribution >= 4 is 19.7 Å². The molecule has 0 spiro atoms. The first-order valence-electron chi connectivity index (χ1n) is 2.69. The summed E-state index contributed by atoms with van der Waals surface area (Å²) in [4.78, 5) is 0. The fourth-order valence-corrected chi connectivity index (χ4v) is 1.23. The molecule has 1 rings (SSSR count). The number of aromatic nitrogens is 2. The van der Waals surface area contributed by atoms with Crippen LogP contribution in [0.1, 0.15) is 11.8 Å². The van der Waals surface area contributed by atoms with E-state index in [2.05, 4.69) is 10.2 Å². The van der Waals surface area contributed by atoms with Gasteiger partial charge in [-0.15, -0.1) is 10.2 Å². The van der Waals surface area contributed by atoms with Gasteiger partial charge in [0, 0.05) is 17.6 Å². The molecule has 0 saturated carbocycles. The van der Waals surface area contributed by atoms with E-state index in [4.69, 9.17) is 15.1 Å². The van der Waals surface area contributed by atoms with E-state index in [0.29, 0.717) is 5.89 Å². The number of rotatable bonds is 2. The summed E-state index contributed by atoms with van der Waals surface area (Å²) in [5, 5.41) is 6.88. The van der Waals surface area contributed by atoms with Gasteiger partial charge in [-0.1, -0.05) is 0 Å². The Morgan fingerprint density at radius 2 is 2.18 bits per heavy atom. The maximum atomic E-state index is 10.4. The summed E-state index contributed by atoms with van der Waals surface area (Å²) in [6.07, 6.45) is 0. The fraction of sp³-hybridized carbons (Fsp3) is 0.500. The zero-order valence-corrected chi connectivity index (χ0v) is 7.18. The molecule has 0 saturated heterocycles. The van der Waals surface area contributed by atoms with Crippen molar-refractivity contribution in [3.05, 3.63) is 11.8 Å². The van der Waals surface area contributed by atoms with Crippen molar-refractivity contribution in [2.24, 2.45) is 0 Å². The lowest BCUT2D eigenvalue weighted by Gasteiger charge is -1.86. The van der Waals surface area contributed by atoms with E-state index in [1.807, 2.05) is 0 Å². The first kappa shape index (κ1) is 8.48. The molecule has 5 nitrogen and oxygen atoms in total. The van der Waals surface area contributed by atoms with E-state index >= 15 is 0 Å². The average molecular weight is 197 g/mol. The lowest BCUT2D eigenvalue weighted by Crippen LogP contribution is -1.94. The van der Waals surface area contributed by atoms with Gasteiger partial charge in [0.05, 0.1) is 0 Å². The van der Waals surface area contributed by atoms with Crippen LogP contribution in [0.5, 0.6) is 0 Å². The van der Waals surface area contributed by atoms with E-state index in [9.17, 15) is 8.42 Å². The molecule has 0 aliphatic heterocycles. The van der Waals surface area contributed by atoms with E-state index in [0.717, 1.165) is 0 Å². The van der Waals surface area contributed by atoms with Gasteiger partial charge >= 0.3 is 0 Å². The van der Waals surface area contributed by atoms with Crippen LogP contribution in [0.25, 0.3) is 0 Å². The Labute approximate surface area is 67.8 Å². The minimum atomic E-state index is -3.59. The summed E-state index contributed by atoms with van der Waals surface area (Å²) in [6.45, 7) is 1.57. The van der Waals surface area contributed by atoms with Crippen LogP contribution in [-0.4, -0.2) is 18.6 Å². The Balaban J connectivity index is 2.81. The molecule has 1 aromatic rings. The molecule has 7 heteroatoms. The summed E-state index contributed by atoms with van der Waals surface area (Å²) in [5.41, 5.74) is 0. The van der Waals surface area contributed by atoms with Gasteiger partial charge in [0.15, 0.2) is 0 Å². The summed E-state index contributed by atoms with van der Waals surface area (Å²) in [6, 6.07) is 0. The van der Waals surface area contributed by atoms with Crippen LogP contribution in [0.2, 0.25) is 0 Å². The molecule has 1 heterocycles. The van der Waals surface area contributed by atoms with Crippen molar-refractivity contribution in [3.8, 4) is 0 Å². The SMILES string of the molecule is Cc1nnc(CS(=O)(=O)Cl)o1. The van der Waals surface area contributed by atoms with Crippen LogP contribution in [0.3, 0.4) is 0 Å². The number of aryl methyl sites for hydroxylation is 1. The molecule has 0 N–H and O–H groups in total. The quantitative estimate of drug-likeness (QED) is 0.642. The highest BCUT2D eigenvalue weighted by Crippen LogP contribution is 2.07. The van der Waals surface area contributed by atoms with Crippen molar-refractivity contribution in [3.63, 3.8) is 0 Å². The smallest absolute Gasteiger partial charge is 0.241 e. The molecule has 11 heavy (non-hydrogen) atoms. The van der Waals surface area contributed by atoms with Gasteiger partial charge in [0.25, 0.3) is 0 Å². The molecule has 0 aromatic carbocycles. The van der Waals surface area contributed by atoms with E-state index < -0.39 is 14.8 Å². The lowest BCUT2D eigenvalue weighted by atomic mass is 10.8. The second kappa shape index (κ2) is 2.78. The molecule has 0 fully saturated rings. The van der Waals surface area contributed by atoms with Crippen molar-refractivity contribution in [2.45, 2.75) is 12.7 Å². The highest BCUT2D eigenvalue weighted by Gasteiger charge is 2.12. The average Bonchev–Trinajstić information content (AvgIpc) is 2.10. The van der Waals surface area contributed by atoms with Crippen molar-refractivity contribution in [1.29, 1.82) is 0 Å². The minimum Gasteiger partial charge on any atom is -0.424 e. The first-order valence-corrected chi connectivity index (χ1v) is 5.16. The zero-order valence-electron chi connectivity index (χ0n) is 5.61. The lowest BCUT2D eigenvalue weighted by molar-refractivity contribution is 0.481. The third-order valence-electron chi connectivity index (χ3n) is 0.864. The van der Waals surface area contributed by atoms with E-state index in [-0.39, 0.29) is 5.89 Å². The molecular weight excluding hydrogens is 192 g/mol. The third kappa shape index (κ3) is 2.85. The third-order valence-corrected chi connectivity index (χ3v) is 1.78. The molecule has 0 aliphatic rings. The Morgan fingerprint density at radius 1 is 1.55 bits per heavy atom. The molecule has 62 valence electrons. The van der Waals surface area contributed by atoms with E-state index in [1.54, 1.807) is 6.92 Å². The van der Waals surface area contributed by atoms with E-state index in [1.165, 1.54) is 0 Å². The monoisotopic (exact) mass is 196 g/mol. The summed E-state index contributed by atoms with van der Waals surface area (Å²) < 4.78 is 25.7. The summed E-state index contributed by atoms with van der Waals surface area (Å²) in [5.74, 6) is -0.0899. The minimum absolute atomic E-state index is 0.0116. The normalized spacial score (nSPS) is 11.8. The molecule has 0 unspecified atom stereocenters. The van der Waals surface area contributed by atoms with Crippen molar-refractivity contribution in [2.75, 3.05) is 0 Å². The predicted octanol–water partition coefficient (Wildman–Crippen LogP) is 0.447. The zero-order chi connectivity index (χ0) is 8.48. The van der Waals surface area contributed by atoms with Crippen LogP contribution in [0, 0.1) is 6.92 Å². The van der Waals surface area contributed by atoms with Crippen LogP contribution in [-0.2, 0) is 14.8 Å². The Morgan fingerprint density at radius 3 is 2.55 bits per heavy atom. The molecule has 1 aromatic heterocycles. The summed E-state index contributed by atoms with van der Waals surface area (Å²) >= 11 is 0. The number of hydrogen-bond donors (Lipinski definition) is 0. The molecule has 0 atom stereocenters. The van der Waals surface area contributed by atoms with Gasteiger partial charge in [-0.2, -0.15) is 0 Å². The van der Waals surface area contributed by atoms with Crippen molar-refractivity contribution < 1.29 is 12.8 Å². The number of nitrogens with zero attached hydrogens (tertiary/aromatic N) is 2. The summed E-state index contributed by atoms with van der Waals surface area (Å²) in [7, 11) is 1.33. The number of halogens is 1. The predicted molar refractivity (Wildman–Crippen MR) is 37.5 cm³/mol. The molecule has 0 aliphatic carbocycles. The van der Waals surface area contributed by atoms with Gasteiger partial charge in [0.1, 0.15) is 5.75 Å². The van der Waals surface area contributed by atoms with Crippen LogP contribution in [0.15, 0.2) is 4.42 Å². The van der Waals surface area contributed by atoms with Gasteiger partial charge in [-0.05, 0) is 0 Å². The van der Waals surface area contributed by atoms with Gasteiger partial charge < -0.3 is 4.42 Å². The molecule has 0 amide bonds. The standard InChI is InChI=1S/C4H5ClN2O3S/c1-3-6-7-4(10-3)2-11(5,8)9/h2H2,1H3. The van der Waals surface area contributed by atoms with Crippen LogP contribution < -0.4 is 0 Å². The fourth-order valence-electron chi connectivity index (χ4n) is 0.543. The Hall–Kier alpha value is -0.620. The highest BCUT2D eigenvalue weighted by molar-refractivity contribution is 8.13. The molecular formula is C4H5ClN2O3S. The molecule has 0 radical (unpaired) electrons. The Bertz CT molecular complexity index is 344. The van der Waals surface area contributed by atoms with Gasteiger partial charge in [-0.25, -0.2) is 8.42 Å².